The Morgan fingerprint density at radius 3 is 2.35 bits per heavy atom. The Labute approximate surface area is 103 Å². The molecule has 0 N–H and O–H groups in total. The van der Waals surface area contributed by atoms with Crippen LogP contribution in [0.15, 0.2) is 30.3 Å². The highest BCUT2D eigenvalue weighted by Gasteiger charge is 2.44. The van der Waals surface area contributed by atoms with Crippen molar-refractivity contribution >= 4 is 5.97 Å². The fraction of sp³-hybridized carbons (Fsp3) is 0.533. The zero-order valence-corrected chi connectivity index (χ0v) is 10.6. The van der Waals surface area contributed by atoms with E-state index in [1.807, 2.05) is 37.3 Å². The molecule has 1 aromatic rings. The van der Waals surface area contributed by atoms with Gasteiger partial charge in [0.25, 0.3) is 0 Å². The Bertz CT molecular complexity index is 379. The lowest BCUT2D eigenvalue weighted by Gasteiger charge is -2.33. The van der Waals surface area contributed by atoms with Crippen molar-refractivity contribution in [3.05, 3.63) is 35.9 Å². The van der Waals surface area contributed by atoms with Crippen molar-refractivity contribution in [3.8, 4) is 0 Å². The average molecular weight is 232 g/mol. The first-order chi connectivity index (χ1) is 8.19. The van der Waals surface area contributed by atoms with Gasteiger partial charge < -0.3 is 4.74 Å². The van der Waals surface area contributed by atoms with Crippen LogP contribution in [0.25, 0.3) is 0 Å². The second-order valence-corrected chi connectivity index (χ2v) is 5.04. The van der Waals surface area contributed by atoms with Crippen LogP contribution in [0, 0.1) is 5.92 Å². The molecule has 0 aromatic heterocycles. The molecular formula is C15H20O2. The van der Waals surface area contributed by atoms with Gasteiger partial charge in [-0.25, -0.2) is 0 Å². The number of esters is 1. The van der Waals surface area contributed by atoms with Gasteiger partial charge in [0.15, 0.2) is 0 Å². The SMILES string of the molecule is COC(=O)[C@](C)(c1ccccc1)C1CCCC1. The average Bonchev–Trinajstić information content (AvgIpc) is 2.92. The summed E-state index contributed by atoms with van der Waals surface area (Å²) in [4.78, 5) is 12.2. The van der Waals surface area contributed by atoms with E-state index in [4.69, 9.17) is 4.74 Å². The molecule has 2 rings (SSSR count). The quantitative estimate of drug-likeness (QED) is 0.747. The lowest BCUT2D eigenvalue weighted by atomic mass is 9.71. The molecule has 2 nitrogen and oxygen atoms in total. The van der Waals surface area contributed by atoms with Crippen LogP contribution in [0.5, 0.6) is 0 Å². The first-order valence-corrected chi connectivity index (χ1v) is 6.33. The van der Waals surface area contributed by atoms with Crippen LogP contribution in [0.4, 0.5) is 0 Å². The lowest BCUT2D eigenvalue weighted by molar-refractivity contribution is -0.149. The van der Waals surface area contributed by atoms with Crippen molar-refractivity contribution in [3.63, 3.8) is 0 Å². The third-order valence-electron chi connectivity index (χ3n) is 4.15. The van der Waals surface area contributed by atoms with Crippen molar-refractivity contribution in [2.24, 2.45) is 5.92 Å². The van der Waals surface area contributed by atoms with E-state index in [2.05, 4.69) is 0 Å². The van der Waals surface area contributed by atoms with E-state index in [1.54, 1.807) is 0 Å². The van der Waals surface area contributed by atoms with Crippen LogP contribution in [0.2, 0.25) is 0 Å². The van der Waals surface area contributed by atoms with E-state index >= 15 is 0 Å². The maximum Gasteiger partial charge on any atom is 0.316 e. The summed E-state index contributed by atoms with van der Waals surface area (Å²) in [5.74, 6) is 0.313. The summed E-state index contributed by atoms with van der Waals surface area (Å²) in [6.07, 6.45) is 4.70. The van der Waals surface area contributed by atoms with Crippen LogP contribution in [-0.2, 0) is 14.9 Å². The van der Waals surface area contributed by atoms with Gasteiger partial charge in [-0.15, -0.1) is 0 Å². The van der Waals surface area contributed by atoms with Gasteiger partial charge in [-0.05, 0) is 31.2 Å². The maximum absolute atomic E-state index is 12.2. The van der Waals surface area contributed by atoms with Crippen LogP contribution in [-0.4, -0.2) is 13.1 Å². The standard InChI is InChI=1S/C15H20O2/c1-15(14(16)17-2,13-10-6-7-11-13)12-8-4-3-5-9-12/h3-5,8-9,13H,6-7,10-11H2,1-2H3/t15-/m1/s1. The van der Waals surface area contributed by atoms with Gasteiger partial charge in [0, 0.05) is 0 Å². The fourth-order valence-corrected chi connectivity index (χ4v) is 3.02. The molecule has 1 aliphatic carbocycles. The van der Waals surface area contributed by atoms with Crippen molar-refractivity contribution < 1.29 is 9.53 Å². The smallest absolute Gasteiger partial charge is 0.316 e. The predicted molar refractivity (Wildman–Crippen MR) is 67.8 cm³/mol. The number of rotatable bonds is 3. The summed E-state index contributed by atoms with van der Waals surface area (Å²) in [6, 6.07) is 10.0. The predicted octanol–water partition coefficient (Wildman–Crippen LogP) is 3.31. The van der Waals surface area contributed by atoms with E-state index in [0.717, 1.165) is 18.4 Å². The summed E-state index contributed by atoms with van der Waals surface area (Å²) in [7, 11) is 1.48. The first kappa shape index (κ1) is 12.2. The van der Waals surface area contributed by atoms with E-state index in [-0.39, 0.29) is 5.97 Å². The van der Waals surface area contributed by atoms with E-state index in [1.165, 1.54) is 20.0 Å². The fourth-order valence-electron chi connectivity index (χ4n) is 3.02. The minimum Gasteiger partial charge on any atom is -0.468 e. The number of methoxy groups -OCH3 is 1. The molecule has 0 heterocycles. The number of carbonyl (C=O) groups excluding carboxylic acids is 1. The Kier molecular flexibility index (Phi) is 3.51. The Morgan fingerprint density at radius 1 is 1.24 bits per heavy atom. The normalized spacial score (nSPS) is 19.9. The molecule has 1 saturated carbocycles. The number of carbonyl (C=O) groups is 1. The second kappa shape index (κ2) is 4.91. The summed E-state index contributed by atoms with van der Waals surface area (Å²) in [6.45, 7) is 2.03. The number of hydrogen-bond acceptors (Lipinski definition) is 2. The first-order valence-electron chi connectivity index (χ1n) is 6.33. The Balaban J connectivity index is 2.39. The molecular weight excluding hydrogens is 212 g/mol. The Hall–Kier alpha value is -1.31. The molecule has 1 aromatic carbocycles. The maximum atomic E-state index is 12.2. The van der Waals surface area contributed by atoms with Gasteiger partial charge in [0.1, 0.15) is 0 Å². The highest BCUT2D eigenvalue weighted by molar-refractivity contribution is 5.83. The summed E-state index contributed by atoms with van der Waals surface area (Å²) in [5, 5.41) is 0. The molecule has 1 atom stereocenters. The van der Waals surface area contributed by atoms with Gasteiger partial charge in [0.2, 0.25) is 0 Å². The Morgan fingerprint density at radius 2 is 1.82 bits per heavy atom. The van der Waals surface area contributed by atoms with E-state index in [9.17, 15) is 4.79 Å². The molecule has 2 heteroatoms. The summed E-state index contributed by atoms with van der Waals surface area (Å²) >= 11 is 0. The van der Waals surface area contributed by atoms with Crippen molar-refractivity contribution in [1.29, 1.82) is 0 Å². The van der Waals surface area contributed by atoms with Crippen molar-refractivity contribution in [2.45, 2.75) is 38.0 Å². The van der Waals surface area contributed by atoms with E-state index in [0.29, 0.717) is 5.92 Å². The van der Waals surface area contributed by atoms with Crippen LogP contribution >= 0.6 is 0 Å². The highest BCUT2D eigenvalue weighted by Crippen LogP contribution is 2.42. The molecule has 92 valence electrons. The van der Waals surface area contributed by atoms with Gasteiger partial charge >= 0.3 is 5.97 Å². The molecule has 0 bridgehead atoms. The molecule has 1 aliphatic rings. The van der Waals surface area contributed by atoms with Gasteiger partial charge in [-0.1, -0.05) is 43.2 Å². The largest absolute Gasteiger partial charge is 0.468 e. The van der Waals surface area contributed by atoms with Gasteiger partial charge in [0.05, 0.1) is 12.5 Å². The zero-order chi connectivity index (χ0) is 12.3. The lowest BCUT2D eigenvalue weighted by Crippen LogP contribution is -2.40. The molecule has 0 amide bonds. The monoisotopic (exact) mass is 232 g/mol. The zero-order valence-electron chi connectivity index (χ0n) is 10.6. The third-order valence-corrected chi connectivity index (χ3v) is 4.15. The minimum atomic E-state index is -0.480. The topological polar surface area (TPSA) is 26.3 Å². The number of benzene rings is 1. The molecule has 0 radical (unpaired) electrons. The molecule has 0 spiro atoms. The van der Waals surface area contributed by atoms with Crippen LogP contribution < -0.4 is 0 Å². The van der Waals surface area contributed by atoms with Gasteiger partial charge in [-0.3, -0.25) is 4.79 Å². The van der Waals surface area contributed by atoms with E-state index < -0.39 is 5.41 Å². The second-order valence-electron chi connectivity index (χ2n) is 5.04. The van der Waals surface area contributed by atoms with Crippen LogP contribution in [0.1, 0.15) is 38.2 Å². The molecule has 0 saturated heterocycles. The molecule has 17 heavy (non-hydrogen) atoms. The number of hydrogen-bond donors (Lipinski definition) is 0. The van der Waals surface area contributed by atoms with Crippen molar-refractivity contribution in [1.82, 2.24) is 0 Å². The van der Waals surface area contributed by atoms with Gasteiger partial charge in [-0.2, -0.15) is 0 Å². The molecule has 0 aliphatic heterocycles. The summed E-state index contributed by atoms with van der Waals surface area (Å²) < 4.78 is 5.04. The molecule has 0 unspecified atom stereocenters. The van der Waals surface area contributed by atoms with Crippen molar-refractivity contribution in [2.75, 3.05) is 7.11 Å². The highest BCUT2D eigenvalue weighted by atomic mass is 16.5. The molecule has 1 fully saturated rings. The number of ether oxygens (including phenoxy) is 1. The van der Waals surface area contributed by atoms with Crippen LogP contribution in [0.3, 0.4) is 0 Å². The summed E-state index contributed by atoms with van der Waals surface area (Å²) in [5.41, 5.74) is 0.603. The third kappa shape index (κ3) is 2.08. The minimum absolute atomic E-state index is 0.101.